The van der Waals surface area contributed by atoms with E-state index in [9.17, 15) is 20.0 Å². The van der Waals surface area contributed by atoms with Gasteiger partial charge >= 0.3 is 11.7 Å². The van der Waals surface area contributed by atoms with Crippen molar-refractivity contribution in [2.75, 3.05) is 18.0 Å². The lowest BCUT2D eigenvalue weighted by Crippen LogP contribution is -2.43. The molecule has 0 spiro atoms. The summed E-state index contributed by atoms with van der Waals surface area (Å²) in [6.45, 7) is 2.37. The SMILES string of the molecule is CC1(C(=O)O)CCN(c2nccc(C#N)c2[N+](=O)[O-])CC1. The molecule has 1 aromatic heterocycles. The summed E-state index contributed by atoms with van der Waals surface area (Å²) >= 11 is 0. The monoisotopic (exact) mass is 290 g/mol. The fourth-order valence-electron chi connectivity index (χ4n) is 2.37. The number of hydrogen-bond donors (Lipinski definition) is 1. The van der Waals surface area contributed by atoms with Crippen LogP contribution >= 0.6 is 0 Å². The molecule has 0 amide bonds. The minimum absolute atomic E-state index is 0.0448. The molecule has 2 heterocycles. The standard InChI is InChI=1S/C13H14N4O4/c1-13(12(18)19)3-6-16(7-4-13)11-10(17(20)21)9(8-14)2-5-15-11/h2,5H,3-4,6-7H2,1H3,(H,18,19). The van der Waals surface area contributed by atoms with Crippen LogP contribution in [0.15, 0.2) is 12.3 Å². The van der Waals surface area contributed by atoms with Gasteiger partial charge in [0.1, 0.15) is 11.6 Å². The highest BCUT2D eigenvalue weighted by atomic mass is 16.6. The molecule has 0 aliphatic carbocycles. The molecule has 110 valence electrons. The topological polar surface area (TPSA) is 120 Å². The Bertz CT molecular complexity index is 630. The normalized spacial score (nSPS) is 17.0. The fraction of sp³-hybridized carbons (Fsp3) is 0.462. The number of rotatable bonds is 3. The van der Waals surface area contributed by atoms with Crippen LogP contribution < -0.4 is 4.90 Å². The fourth-order valence-corrected chi connectivity index (χ4v) is 2.37. The number of carboxylic acid groups (broad SMARTS) is 1. The molecule has 1 aromatic rings. The van der Waals surface area contributed by atoms with Gasteiger partial charge < -0.3 is 10.0 Å². The van der Waals surface area contributed by atoms with Crippen molar-refractivity contribution in [3.05, 3.63) is 27.9 Å². The highest BCUT2D eigenvalue weighted by molar-refractivity contribution is 5.75. The molecule has 0 saturated carbocycles. The van der Waals surface area contributed by atoms with Crippen molar-refractivity contribution in [3.8, 4) is 6.07 Å². The Kier molecular flexibility index (Phi) is 3.76. The molecular formula is C13H14N4O4. The van der Waals surface area contributed by atoms with Crippen LogP contribution in [0.25, 0.3) is 0 Å². The number of hydrogen-bond acceptors (Lipinski definition) is 6. The average Bonchev–Trinajstić information content (AvgIpc) is 2.47. The molecule has 2 rings (SSSR count). The molecule has 1 aliphatic rings. The lowest BCUT2D eigenvalue weighted by Gasteiger charge is -2.36. The van der Waals surface area contributed by atoms with Gasteiger partial charge in [0.2, 0.25) is 5.82 Å². The van der Waals surface area contributed by atoms with E-state index < -0.39 is 16.3 Å². The summed E-state index contributed by atoms with van der Waals surface area (Å²) in [5, 5.41) is 29.3. The molecule has 1 N–H and O–H groups in total. The Labute approximate surface area is 120 Å². The van der Waals surface area contributed by atoms with E-state index in [0.29, 0.717) is 25.9 Å². The summed E-state index contributed by atoms with van der Waals surface area (Å²) < 4.78 is 0. The van der Waals surface area contributed by atoms with Gasteiger partial charge in [-0.2, -0.15) is 5.26 Å². The third-order valence-electron chi connectivity index (χ3n) is 3.89. The van der Waals surface area contributed by atoms with Crippen LogP contribution in [0.5, 0.6) is 0 Å². The van der Waals surface area contributed by atoms with Crippen LogP contribution in [0.4, 0.5) is 11.5 Å². The number of aliphatic carboxylic acids is 1. The number of nitrogens with zero attached hydrogens (tertiary/aromatic N) is 4. The van der Waals surface area contributed by atoms with Gasteiger partial charge in [-0.05, 0) is 25.8 Å². The minimum Gasteiger partial charge on any atom is -0.481 e. The third kappa shape index (κ3) is 2.63. The smallest absolute Gasteiger partial charge is 0.329 e. The minimum atomic E-state index is -0.865. The van der Waals surface area contributed by atoms with Crippen molar-refractivity contribution in [1.82, 2.24) is 4.98 Å². The van der Waals surface area contributed by atoms with Crippen LogP contribution in [-0.2, 0) is 4.79 Å². The summed E-state index contributed by atoms with van der Waals surface area (Å²) in [4.78, 5) is 27.4. The Hall–Kier alpha value is -2.69. The second-order valence-corrected chi connectivity index (χ2v) is 5.25. The molecule has 0 atom stereocenters. The van der Waals surface area contributed by atoms with Crippen LogP contribution in [-0.4, -0.2) is 34.1 Å². The first kappa shape index (κ1) is 14.7. The highest BCUT2D eigenvalue weighted by Gasteiger charge is 2.38. The summed E-state index contributed by atoms with van der Waals surface area (Å²) in [6.07, 6.45) is 2.10. The molecule has 0 aromatic carbocycles. The van der Waals surface area contributed by atoms with E-state index in [1.54, 1.807) is 17.9 Å². The van der Waals surface area contributed by atoms with Crippen molar-refractivity contribution in [2.24, 2.45) is 5.41 Å². The first-order valence-electron chi connectivity index (χ1n) is 6.41. The lowest BCUT2D eigenvalue weighted by molar-refractivity contribution is -0.384. The molecule has 21 heavy (non-hydrogen) atoms. The van der Waals surface area contributed by atoms with Gasteiger partial charge in [-0.1, -0.05) is 0 Å². The summed E-state index contributed by atoms with van der Waals surface area (Å²) in [6, 6.07) is 3.09. The molecule has 8 nitrogen and oxygen atoms in total. The predicted molar refractivity (Wildman–Crippen MR) is 72.8 cm³/mol. The second kappa shape index (κ2) is 5.36. The lowest BCUT2D eigenvalue weighted by atomic mass is 9.80. The molecule has 0 bridgehead atoms. The van der Waals surface area contributed by atoms with E-state index in [1.165, 1.54) is 12.3 Å². The molecule has 1 fully saturated rings. The predicted octanol–water partition coefficient (Wildman–Crippen LogP) is 1.55. The van der Waals surface area contributed by atoms with Gasteiger partial charge in [0.15, 0.2) is 0 Å². The molecule has 0 unspecified atom stereocenters. The first-order valence-corrected chi connectivity index (χ1v) is 6.41. The molecule has 1 saturated heterocycles. The summed E-state index contributed by atoms with van der Waals surface area (Å²) in [7, 11) is 0. The molecule has 8 heteroatoms. The van der Waals surface area contributed by atoms with Crippen molar-refractivity contribution in [1.29, 1.82) is 5.26 Å². The molecule has 1 aliphatic heterocycles. The zero-order chi connectivity index (χ0) is 15.6. The molecular weight excluding hydrogens is 276 g/mol. The van der Waals surface area contributed by atoms with Gasteiger partial charge in [-0.3, -0.25) is 14.9 Å². The highest BCUT2D eigenvalue weighted by Crippen LogP contribution is 2.36. The molecule has 0 radical (unpaired) electrons. The number of pyridine rings is 1. The maximum Gasteiger partial charge on any atom is 0.329 e. The number of nitro groups is 1. The Balaban J connectivity index is 2.32. The number of carbonyl (C=O) groups is 1. The Morgan fingerprint density at radius 3 is 2.67 bits per heavy atom. The number of piperidine rings is 1. The van der Waals surface area contributed by atoms with E-state index in [1.807, 2.05) is 0 Å². The maximum absolute atomic E-state index is 11.2. The van der Waals surface area contributed by atoms with Crippen molar-refractivity contribution in [2.45, 2.75) is 19.8 Å². The second-order valence-electron chi connectivity index (χ2n) is 5.25. The van der Waals surface area contributed by atoms with E-state index in [0.717, 1.165) is 0 Å². The number of carboxylic acids is 1. The van der Waals surface area contributed by atoms with Gasteiger partial charge in [0.25, 0.3) is 0 Å². The van der Waals surface area contributed by atoms with Crippen molar-refractivity contribution >= 4 is 17.5 Å². The van der Waals surface area contributed by atoms with Crippen LogP contribution in [0, 0.1) is 26.9 Å². The quantitative estimate of drug-likeness (QED) is 0.662. The average molecular weight is 290 g/mol. The van der Waals surface area contributed by atoms with E-state index in [4.69, 9.17) is 5.26 Å². The maximum atomic E-state index is 11.2. The van der Waals surface area contributed by atoms with E-state index >= 15 is 0 Å². The summed E-state index contributed by atoms with van der Waals surface area (Å²) in [5.41, 5.74) is -1.19. The van der Waals surface area contributed by atoms with Crippen LogP contribution in [0.1, 0.15) is 25.3 Å². The zero-order valence-corrected chi connectivity index (χ0v) is 11.4. The largest absolute Gasteiger partial charge is 0.481 e. The van der Waals surface area contributed by atoms with Crippen molar-refractivity contribution in [3.63, 3.8) is 0 Å². The number of aromatic nitrogens is 1. The van der Waals surface area contributed by atoms with Gasteiger partial charge in [-0.25, -0.2) is 4.98 Å². The van der Waals surface area contributed by atoms with E-state index in [-0.39, 0.29) is 17.1 Å². The summed E-state index contributed by atoms with van der Waals surface area (Å²) in [5.74, 6) is -0.734. The van der Waals surface area contributed by atoms with Crippen molar-refractivity contribution < 1.29 is 14.8 Å². The van der Waals surface area contributed by atoms with Crippen LogP contribution in [0.2, 0.25) is 0 Å². The third-order valence-corrected chi connectivity index (χ3v) is 3.89. The number of nitriles is 1. The zero-order valence-electron chi connectivity index (χ0n) is 11.4. The Morgan fingerprint density at radius 2 is 2.19 bits per heavy atom. The Morgan fingerprint density at radius 1 is 1.57 bits per heavy atom. The first-order chi connectivity index (χ1) is 9.89. The van der Waals surface area contributed by atoms with E-state index in [2.05, 4.69) is 4.98 Å². The van der Waals surface area contributed by atoms with Gasteiger partial charge in [0.05, 0.1) is 10.3 Å². The van der Waals surface area contributed by atoms with Gasteiger partial charge in [0, 0.05) is 19.3 Å². The van der Waals surface area contributed by atoms with Gasteiger partial charge in [-0.15, -0.1) is 0 Å². The van der Waals surface area contributed by atoms with Crippen LogP contribution in [0.3, 0.4) is 0 Å². The number of anilines is 1.